The molecule has 2 saturated heterocycles. The summed E-state index contributed by atoms with van der Waals surface area (Å²) in [7, 11) is 0. The van der Waals surface area contributed by atoms with E-state index in [1.165, 1.54) is 23.1 Å². The molecule has 0 radical (unpaired) electrons. The maximum atomic E-state index is 13.4. The van der Waals surface area contributed by atoms with Gasteiger partial charge in [0.25, 0.3) is 0 Å². The molecule has 3 atom stereocenters. The number of rotatable bonds is 6. The van der Waals surface area contributed by atoms with E-state index < -0.39 is 10.8 Å². The number of piperidine rings is 1. The van der Waals surface area contributed by atoms with Crippen LogP contribution in [0.4, 0.5) is 5.82 Å². The first-order valence-electron chi connectivity index (χ1n) is 10.7. The van der Waals surface area contributed by atoms with Crippen molar-refractivity contribution in [1.29, 1.82) is 0 Å². The Morgan fingerprint density at radius 1 is 1.18 bits per heavy atom. The van der Waals surface area contributed by atoms with Crippen LogP contribution in [0.5, 0.6) is 0 Å². The van der Waals surface area contributed by atoms with Gasteiger partial charge in [0.2, 0.25) is 5.91 Å². The summed E-state index contributed by atoms with van der Waals surface area (Å²) in [6.07, 6.45) is 1.03. The van der Waals surface area contributed by atoms with Crippen molar-refractivity contribution in [3.63, 3.8) is 0 Å². The van der Waals surface area contributed by atoms with E-state index in [9.17, 15) is 9.59 Å². The van der Waals surface area contributed by atoms with Gasteiger partial charge in [0.1, 0.15) is 16.6 Å². The number of carbonyl (C=O) groups excluding carboxylic acids is 2. The standard InChI is InChI=1S/C24H22ClN3O3S2/c25-17-4-1-2-5-19(17)33-22-18(29)12-24(28-23(22)30,15-9-11-32-14-15)20-6-3-7-21(27-20)26-16-8-10-31-13-16/h1-7,9,11,14,16,22H,8,10,12-13H2,(H,26,27)(H,28,30). The lowest BCUT2D eigenvalue weighted by Gasteiger charge is -2.39. The molecule has 6 nitrogen and oxygen atoms in total. The van der Waals surface area contributed by atoms with Crippen LogP contribution in [-0.2, 0) is 19.9 Å². The summed E-state index contributed by atoms with van der Waals surface area (Å²) in [6.45, 7) is 1.36. The lowest BCUT2D eigenvalue weighted by Crippen LogP contribution is -2.58. The van der Waals surface area contributed by atoms with Gasteiger partial charge in [-0.1, -0.05) is 29.8 Å². The highest BCUT2D eigenvalue weighted by Gasteiger charge is 2.48. The van der Waals surface area contributed by atoms with Gasteiger partial charge in [-0.2, -0.15) is 11.3 Å². The van der Waals surface area contributed by atoms with Crippen molar-refractivity contribution in [2.45, 2.75) is 34.6 Å². The van der Waals surface area contributed by atoms with Gasteiger partial charge in [-0.3, -0.25) is 9.59 Å². The molecule has 170 valence electrons. The number of aromatic nitrogens is 1. The Balaban J connectivity index is 1.46. The van der Waals surface area contributed by atoms with Crippen LogP contribution in [0, 0.1) is 0 Å². The lowest BCUT2D eigenvalue weighted by atomic mass is 9.79. The zero-order valence-electron chi connectivity index (χ0n) is 17.6. The predicted molar refractivity (Wildman–Crippen MR) is 131 cm³/mol. The lowest BCUT2D eigenvalue weighted by molar-refractivity contribution is -0.133. The smallest absolute Gasteiger partial charge is 0.242 e. The highest BCUT2D eigenvalue weighted by molar-refractivity contribution is 8.01. The summed E-state index contributed by atoms with van der Waals surface area (Å²) < 4.78 is 5.45. The number of nitrogens with zero attached hydrogens (tertiary/aromatic N) is 1. The first kappa shape index (κ1) is 22.4. The summed E-state index contributed by atoms with van der Waals surface area (Å²) in [6, 6.07) is 15.0. The number of thiophene rings is 1. The van der Waals surface area contributed by atoms with E-state index in [0.717, 1.165) is 18.6 Å². The summed E-state index contributed by atoms with van der Waals surface area (Å²) in [5, 5.41) is 10.1. The van der Waals surface area contributed by atoms with Crippen LogP contribution in [0.3, 0.4) is 0 Å². The predicted octanol–water partition coefficient (Wildman–Crippen LogP) is 4.49. The number of pyridine rings is 1. The average molecular weight is 500 g/mol. The van der Waals surface area contributed by atoms with Crippen LogP contribution >= 0.6 is 34.7 Å². The molecule has 3 unspecified atom stereocenters. The number of anilines is 1. The fourth-order valence-electron chi connectivity index (χ4n) is 4.20. The van der Waals surface area contributed by atoms with Crippen molar-refractivity contribution >= 4 is 52.2 Å². The Kier molecular flexibility index (Phi) is 6.42. The summed E-state index contributed by atoms with van der Waals surface area (Å²) in [5.41, 5.74) is 0.465. The summed E-state index contributed by atoms with van der Waals surface area (Å²) in [4.78, 5) is 32.2. The van der Waals surface area contributed by atoms with Crippen molar-refractivity contribution in [3.05, 3.63) is 75.6 Å². The first-order chi connectivity index (χ1) is 16.0. The van der Waals surface area contributed by atoms with Crippen molar-refractivity contribution in [1.82, 2.24) is 10.3 Å². The molecule has 0 bridgehead atoms. The zero-order valence-corrected chi connectivity index (χ0v) is 20.0. The molecule has 2 aromatic heterocycles. The molecule has 1 amide bonds. The summed E-state index contributed by atoms with van der Waals surface area (Å²) in [5.74, 6) is 0.206. The number of ether oxygens (including phenoxy) is 1. The third-order valence-corrected chi connectivity index (χ3v) is 8.32. The monoisotopic (exact) mass is 499 g/mol. The number of hydrogen-bond acceptors (Lipinski definition) is 7. The van der Waals surface area contributed by atoms with Gasteiger partial charge in [-0.05, 0) is 53.1 Å². The quantitative estimate of drug-likeness (QED) is 0.486. The number of thioether (sulfide) groups is 1. The second-order valence-electron chi connectivity index (χ2n) is 8.09. The molecular weight excluding hydrogens is 478 g/mol. The number of Topliss-reactive ketones (excluding diaryl/α,β-unsaturated/α-hetero) is 1. The third kappa shape index (κ3) is 4.53. The zero-order chi connectivity index (χ0) is 22.8. The molecule has 1 aromatic carbocycles. The minimum Gasteiger partial charge on any atom is -0.379 e. The van der Waals surface area contributed by atoms with E-state index in [1.807, 2.05) is 53.2 Å². The van der Waals surface area contributed by atoms with Crippen LogP contribution in [0.2, 0.25) is 5.02 Å². The molecule has 4 heterocycles. The maximum absolute atomic E-state index is 13.4. The van der Waals surface area contributed by atoms with Gasteiger partial charge in [-0.15, -0.1) is 11.8 Å². The van der Waals surface area contributed by atoms with Crippen LogP contribution in [0.1, 0.15) is 24.1 Å². The Morgan fingerprint density at radius 2 is 2.06 bits per heavy atom. The number of benzene rings is 1. The molecule has 5 rings (SSSR count). The van der Waals surface area contributed by atoms with Gasteiger partial charge in [-0.25, -0.2) is 4.98 Å². The Labute approximate surface area is 205 Å². The average Bonchev–Trinajstić information content (AvgIpc) is 3.52. The fraction of sp³-hybridized carbons (Fsp3) is 0.292. The molecule has 33 heavy (non-hydrogen) atoms. The van der Waals surface area contributed by atoms with Crippen molar-refractivity contribution in [3.8, 4) is 0 Å². The number of nitrogens with one attached hydrogen (secondary N) is 2. The van der Waals surface area contributed by atoms with E-state index in [-0.39, 0.29) is 24.2 Å². The van der Waals surface area contributed by atoms with Gasteiger partial charge in [0.15, 0.2) is 5.78 Å². The number of hydrogen-bond donors (Lipinski definition) is 2. The second-order valence-corrected chi connectivity index (χ2v) is 10.4. The second kappa shape index (κ2) is 9.46. The minimum absolute atomic E-state index is 0.112. The minimum atomic E-state index is -1.02. The number of ketones is 1. The molecule has 2 fully saturated rings. The molecule has 2 aliphatic heterocycles. The highest BCUT2D eigenvalue weighted by Crippen LogP contribution is 2.41. The molecule has 2 aliphatic rings. The van der Waals surface area contributed by atoms with Crippen molar-refractivity contribution in [2.24, 2.45) is 0 Å². The van der Waals surface area contributed by atoms with Gasteiger partial charge < -0.3 is 15.4 Å². The van der Waals surface area contributed by atoms with Crippen molar-refractivity contribution < 1.29 is 14.3 Å². The van der Waals surface area contributed by atoms with Crippen LogP contribution < -0.4 is 10.6 Å². The normalized spacial score (nSPS) is 25.1. The van der Waals surface area contributed by atoms with Crippen molar-refractivity contribution in [2.75, 3.05) is 18.5 Å². The SMILES string of the molecule is O=C1CC(c2ccsc2)(c2cccc(NC3CCOC3)n2)NC(=O)C1Sc1ccccc1Cl. The largest absolute Gasteiger partial charge is 0.379 e. The summed E-state index contributed by atoms with van der Waals surface area (Å²) >= 11 is 8.98. The van der Waals surface area contributed by atoms with Gasteiger partial charge in [0.05, 0.1) is 23.4 Å². The van der Waals surface area contributed by atoms with Crippen LogP contribution in [-0.4, -0.2) is 41.2 Å². The molecule has 2 N–H and O–H groups in total. The van der Waals surface area contributed by atoms with E-state index in [0.29, 0.717) is 28.0 Å². The third-order valence-electron chi connectivity index (χ3n) is 5.87. The molecule has 9 heteroatoms. The molecular formula is C24H22ClN3O3S2. The fourth-order valence-corrected chi connectivity index (χ4v) is 6.17. The number of halogens is 1. The highest BCUT2D eigenvalue weighted by atomic mass is 35.5. The van der Waals surface area contributed by atoms with E-state index in [2.05, 4.69) is 10.6 Å². The molecule has 0 aliphatic carbocycles. The van der Waals surface area contributed by atoms with E-state index in [1.54, 1.807) is 6.07 Å². The van der Waals surface area contributed by atoms with Gasteiger partial charge in [0, 0.05) is 17.9 Å². The number of carbonyl (C=O) groups is 2. The maximum Gasteiger partial charge on any atom is 0.242 e. The molecule has 3 aromatic rings. The van der Waals surface area contributed by atoms with Crippen LogP contribution in [0.25, 0.3) is 0 Å². The molecule has 0 spiro atoms. The Bertz CT molecular complexity index is 1150. The Morgan fingerprint density at radius 3 is 2.79 bits per heavy atom. The molecule has 0 saturated carbocycles. The van der Waals surface area contributed by atoms with Gasteiger partial charge >= 0.3 is 0 Å². The first-order valence-corrected chi connectivity index (χ1v) is 12.9. The van der Waals surface area contributed by atoms with Crippen LogP contribution in [0.15, 0.2) is 64.2 Å². The van der Waals surface area contributed by atoms with E-state index >= 15 is 0 Å². The topological polar surface area (TPSA) is 80.3 Å². The Hall–Kier alpha value is -2.39. The van der Waals surface area contributed by atoms with E-state index in [4.69, 9.17) is 21.3 Å². The number of amides is 1.